The minimum atomic E-state index is 0.0990. The summed E-state index contributed by atoms with van der Waals surface area (Å²) < 4.78 is 32.0. The zero-order valence-electron chi connectivity index (χ0n) is 15.5. The highest BCUT2D eigenvalue weighted by molar-refractivity contribution is 5.65. The summed E-state index contributed by atoms with van der Waals surface area (Å²) in [4.78, 5) is 4.36. The van der Waals surface area contributed by atoms with Crippen LogP contribution in [-0.4, -0.2) is 38.6 Å². The van der Waals surface area contributed by atoms with Crippen LogP contribution in [0.15, 0.2) is 40.9 Å². The number of methoxy groups -OCH3 is 4. The predicted octanol–water partition coefficient (Wildman–Crippen LogP) is 3.35. The molecule has 0 atom stereocenters. The molecule has 0 bridgehead atoms. The summed E-state index contributed by atoms with van der Waals surface area (Å²) in [7, 11) is 6.31. The molecule has 0 N–H and O–H groups in total. The van der Waals surface area contributed by atoms with Crippen molar-refractivity contribution in [1.29, 1.82) is 0 Å². The maximum absolute atomic E-state index is 5.71. The van der Waals surface area contributed by atoms with Gasteiger partial charge >= 0.3 is 0 Å². The van der Waals surface area contributed by atoms with E-state index in [1.165, 1.54) is 0 Å². The first-order chi connectivity index (χ1) is 13.2. The lowest BCUT2D eigenvalue weighted by Gasteiger charge is -2.08. The quantitative estimate of drug-likeness (QED) is 0.595. The Hall–Kier alpha value is -3.42. The molecule has 142 valence electrons. The van der Waals surface area contributed by atoms with Gasteiger partial charge in [-0.05, 0) is 12.1 Å². The zero-order chi connectivity index (χ0) is 19.2. The third-order valence-electron chi connectivity index (χ3n) is 3.80. The first-order valence-electron chi connectivity index (χ1n) is 8.07. The predicted molar refractivity (Wildman–Crippen MR) is 96.7 cm³/mol. The topological polar surface area (TPSA) is 85.1 Å². The third kappa shape index (κ3) is 4.22. The Bertz CT molecular complexity index is 887. The van der Waals surface area contributed by atoms with Gasteiger partial charge in [0.1, 0.15) is 28.7 Å². The van der Waals surface area contributed by atoms with Crippen LogP contribution in [-0.2, 0) is 6.61 Å². The molecule has 8 nitrogen and oxygen atoms in total. The Morgan fingerprint density at radius 2 is 1.44 bits per heavy atom. The van der Waals surface area contributed by atoms with Gasteiger partial charge in [0.2, 0.25) is 5.82 Å². The van der Waals surface area contributed by atoms with Gasteiger partial charge in [-0.3, -0.25) is 0 Å². The van der Waals surface area contributed by atoms with Crippen molar-refractivity contribution in [2.45, 2.75) is 6.61 Å². The number of nitrogens with zero attached hydrogens (tertiary/aromatic N) is 2. The molecular weight excluding hydrogens is 352 g/mol. The molecule has 0 unspecified atom stereocenters. The van der Waals surface area contributed by atoms with Gasteiger partial charge in [0.25, 0.3) is 5.89 Å². The van der Waals surface area contributed by atoms with Crippen molar-refractivity contribution in [3.63, 3.8) is 0 Å². The van der Waals surface area contributed by atoms with Gasteiger partial charge in [0.15, 0.2) is 6.61 Å². The monoisotopic (exact) mass is 372 g/mol. The van der Waals surface area contributed by atoms with Gasteiger partial charge in [-0.2, -0.15) is 4.98 Å². The molecule has 2 aromatic carbocycles. The van der Waals surface area contributed by atoms with Crippen molar-refractivity contribution in [2.24, 2.45) is 0 Å². The van der Waals surface area contributed by atoms with Crippen molar-refractivity contribution < 1.29 is 28.2 Å². The number of rotatable bonds is 8. The lowest BCUT2D eigenvalue weighted by Crippen LogP contribution is -1.97. The maximum Gasteiger partial charge on any atom is 0.264 e. The average Bonchev–Trinajstić information content (AvgIpc) is 3.20. The molecule has 0 radical (unpaired) electrons. The number of ether oxygens (including phenoxy) is 5. The molecule has 3 rings (SSSR count). The summed E-state index contributed by atoms with van der Waals surface area (Å²) in [5, 5.41) is 3.99. The Morgan fingerprint density at radius 1 is 0.778 bits per heavy atom. The second-order valence-electron chi connectivity index (χ2n) is 5.41. The highest BCUT2D eigenvalue weighted by Gasteiger charge is 2.15. The first-order valence-corrected chi connectivity index (χ1v) is 8.07. The van der Waals surface area contributed by atoms with Crippen molar-refractivity contribution in [3.8, 4) is 40.1 Å². The van der Waals surface area contributed by atoms with Gasteiger partial charge in [-0.15, -0.1) is 0 Å². The number of hydrogen-bond donors (Lipinski definition) is 0. The molecule has 0 saturated carbocycles. The molecule has 0 aliphatic carbocycles. The van der Waals surface area contributed by atoms with Gasteiger partial charge in [-0.1, -0.05) is 5.16 Å². The smallest absolute Gasteiger partial charge is 0.264 e. The molecular formula is C19H20N2O6. The van der Waals surface area contributed by atoms with Crippen LogP contribution < -0.4 is 23.7 Å². The Labute approximate surface area is 156 Å². The molecule has 1 heterocycles. The molecule has 0 fully saturated rings. The van der Waals surface area contributed by atoms with Crippen LogP contribution in [0.5, 0.6) is 28.7 Å². The molecule has 8 heteroatoms. The van der Waals surface area contributed by atoms with E-state index in [9.17, 15) is 0 Å². The summed E-state index contributed by atoms with van der Waals surface area (Å²) in [6.45, 7) is 0.0990. The van der Waals surface area contributed by atoms with E-state index < -0.39 is 0 Å². The minimum absolute atomic E-state index is 0.0990. The molecule has 27 heavy (non-hydrogen) atoms. The summed E-state index contributed by atoms with van der Waals surface area (Å²) in [5.74, 6) is 3.79. The van der Waals surface area contributed by atoms with Crippen molar-refractivity contribution in [2.75, 3.05) is 28.4 Å². The summed E-state index contributed by atoms with van der Waals surface area (Å²) in [6, 6.07) is 10.6. The summed E-state index contributed by atoms with van der Waals surface area (Å²) in [6.07, 6.45) is 0. The van der Waals surface area contributed by atoms with E-state index in [4.69, 9.17) is 28.2 Å². The van der Waals surface area contributed by atoms with Crippen LogP contribution in [0.25, 0.3) is 11.4 Å². The maximum atomic E-state index is 5.71. The van der Waals surface area contributed by atoms with Crippen LogP contribution in [0, 0.1) is 0 Å². The van der Waals surface area contributed by atoms with Crippen LogP contribution in [0.3, 0.4) is 0 Å². The fourth-order valence-electron chi connectivity index (χ4n) is 2.42. The van der Waals surface area contributed by atoms with Gasteiger partial charge in [-0.25, -0.2) is 0 Å². The zero-order valence-corrected chi connectivity index (χ0v) is 15.5. The van der Waals surface area contributed by atoms with Crippen LogP contribution in [0.2, 0.25) is 0 Å². The van der Waals surface area contributed by atoms with Crippen LogP contribution in [0.4, 0.5) is 0 Å². The molecule has 3 aromatic rings. The number of aromatic nitrogens is 2. The van der Waals surface area contributed by atoms with Gasteiger partial charge < -0.3 is 28.2 Å². The molecule has 0 aliphatic heterocycles. The first kappa shape index (κ1) is 18.4. The fraction of sp³-hybridized carbons (Fsp3) is 0.263. The van der Waals surface area contributed by atoms with E-state index in [0.717, 1.165) is 0 Å². The second kappa shape index (κ2) is 8.31. The van der Waals surface area contributed by atoms with E-state index in [0.29, 0.717) is 46.0 Å². The molecule has 0 aliphatic rings. The van der Waals surface area contributed by atoms with Crippen LogP contribution in [0.1, 0.15) is 5.89 Å². The fourth-order valence-corrected chi connectivity index (χ4v) is 2.42. The van der Waals surface area contributed by atoms with E-state index in [1.54, 1.807) is 64.8 Å². The molecule has 0 amide bonds. The average molecular weight is 372 g/mol. The van der Waals surface area contributed by atoms with Gasteiger partial charge in [0, 0.05) is 24.3 Å². The standard InChI is InChI=1S/C19H20N2O6/c1-22-12-5-6-16(17(10-12)25-4)19-20-18(27-21-19)11-26-15-8-13(23-2)7-14(9-15)24-3/h5-10H,11H2,1-4H3. The molecule has 0 saturated heterocycles. The van der Waals surface area contributed by atoms with Crippen molar-refractivity contribution in [1.82, 2.24) is 10.1 Å². The van der Waals surface area contributed by atoms with E-state index in [2.05, 4.69) is 10.1 Å². The lowest BCUT2D eigenvalue weighted by molar-refractivity contribution is 0.241. The van der Waals surface area contributed by atoms with Crippen molar-refractivity contribution >= 4 is 0 Å². The Morgan fingerprint density at radius 3 is 2.07 bits per heavy atom. The summed E-state index contributed by atoms with van der Waals surface area (Å²) >= 11 is 0. The SMILES string of the molecule is COc1cc(OC)cc(OCc2nc(-c3ccc(OC)cc3OC)no2)c1. The molecule has 1 aromatic heterocycles. The highest BCUT2D eigenvalue weighted by Crippen LogP contribution is 2.32. The number of hydrogen-bond acceptors (Lipinski definition) is 8. The largest absolute Gasteiger partial charge is 0.497 e. The lowest BCUT2D eigenvalue weighted by atomic mass is 10.2. The number of benzene rings is 2. The van der Waals surface area contributed by atoms with Crippen molar-refractivity contribution in [3.05, 3.63) is 42.3 Å². The van der Waals surface area contributed by atoms with Crippen LogP contribution >= 0.6 is 0 Å². The summed E-state index contributed by atoms with van der Waals surface area (Å²) in [5.41, 5.74) is 0.691. The van der Waals surface area contributed by atoms with Gasteiger partial charge in [0.05, 0.1) is 34.0 Å². The second-order valence-corrected chi connectivity index (χ2v) is 5.41. The Balaban J connectivity index is 1.75. The highest BCUT2D eigenvalue weighted by atomic mass is 16.5. The van der Waals surface area contributed by atoms with E-state index in [1.807, 2.05) is 0 Å². The molecule has 0 spiro atoms. The minimum Gasteiger partial charge on any atom is -0.497 e. The van der Waals surface area contributed by atoms with E-state index >= 15 is 0 Å². The Kier molecular flexibility index (Phi) is 5.65. The normalized spacial score (nSPS) is 10.4. The third-order valence-corrected chi connectivity index (χ3v) is 3.80. The van der Waals surface area contributed by atoms with E-state index in [-0.39, 0.29) is 6.61 Å².